The molecule has 0 spiro atoms. The molecule has 1 heterocycles. The van der Waals surface area contributed by atoms with E-state index in [1.54, 1.807) is 0 Å². The SMILES string of the molecule is CCCCCC(=O)N1CCN(c2ccc(NC(=O)Nc3ccccc3C)cc2)CC1. The number of urea groups is 1. The lowest BCUT2D eigenvalue weighted by Gasteiger charge is -2.36. The molecule has 3 rings (SSSR count). The summed E-state index contributed by atoms with van der Waals surface area (Å²) >= 11 is 0. The summed E-state index contributed by atoms with van der Waals surface area (Å²) in [6, 6.07) is 15.3. The number of rotatable bonds is 7. The van der Waals surface area contributed by atoms with Crippen LogP contribution in [0.1, 0.15) is 38.2 Å². The smallest absolute Gasteiger partial charge is 0.323 e. The fraction of sp³-hybridized carbons (Fsp3) is 0.417. The van der Waals surface area contributed by atoms with Crippen LogP contribution in [0, 0.1) is 6.92 Å². The Morgan fingerprint density at radius 1 is 0.900 bits per heavy atom. The molecule has 0 bridgehead atoms. The Hall–Kier alpha value is -3.02. The van der Waals surface area contributed by atoms with Crippen LogP contribution < -0.4 is 15.5 Å². The van der Waals surface area contributed by atoms with E-state index in [-0.39, 0.29) is 11.9 Å². The number of piperazine rings is 1. The zero-order chi connectivity index (χ0) is 21.3. The second kappa shape index (κ2) is 10.7. The fourth-order valence-corrected chi connectivity index (χ4v) is 3.65. The lowest BCUT2D eigenvalue weighted by Crippen LogP contribution is -2.48. The van der Waals surface area contributed by atoms with Gasteiger partial charge < -0.3 is 20.4 Å². The highest BCUT2D eigenvalue weighted by Gasteiger charge is 2.20. The molecule has 2 aromatic rings. The summed E-state index contributed by atoms with van der Waals surface area (Å²) in [6.45, 7) is 7.32. The number of anilines is 3. The largest absolute Gasteiger partial charge is 0.368 e. The molecule has 1 aliphatic heterocycles. The Morgan fingerprint density at radius 2 is 1.60 bits per heavy atom. The van der Waals surface area contributed by atoms with Gasteiger partial charge >= 0.3 is 6.03 Å². The minimum Gasteiger partial charge on any atom is -0.368 e. The molecular formula is C24H32N4O2. The number of benzene rings is 2. The second-order valence-electron chi connectivity index (χ2n) is 7.77. The number of hydrogen-bond donors (Lipinski definition) is 2. The summed E-state index contributed by atoms with van der Waals surface area (Å²) in [5.41, 5.74) is 3.67. The summed E-state index contributed by atoms with van der Waals surface area (Å²) in [6.07, 6.45) is 3.91. The third kappa shape index (κ3) is 5.99. The van der Waals surface area contributed by atoms with Crippen LogP contribution in [0.3, 0.4) is 0 Å². The summed E-state index contributed by atoms with van der Waals surface area (Å²) in [5.74, 6) is 0.280. The van der Waals surface area contributed by atoms with E-state index in [2.05, 4.69) is 22.5 Å². The van der Waals surface area contributed by atoms with E-state index in [4.69, 9.17) is 0 Å². The molecule has 0 unspecified atom stereocenters. The summed E-state index contributed by atoms with van der Waals surface area (Å²) < 4.78 is 0. The molecule has 6 nitrogen and oxygen atoms in total. The van der Waals surface area contributed by atoms with Crippen molar-refractivity contribution in [3.05, 3.63) is 54.1 Å². The number of carbonyl (C=O) groups is 2. The van der Waals surface area contributed by atoms with E-state index >= 15 is 0 Å². The molecule has 1 saturated heterocycles. The minimum absolute atomic E-state index is 0.257. The van der Waals surface area contributed by atoms with Crippen LogP contribution in [0.5, 0.6) is 0 Å². The van der Waals surface area contributed by atoms with Crippen LogP contribution in [0.2, 0.25) is 0 Å². The molecular weight excluding hydrogens is 376 g/mol. The van der Waals surface area contributed by atoms with Crippen LogP contribution in [-0.4, -0.2) is 43.0 Å². The summed E-state index contributed by atoms with van der Waals surface area (Å²) in [7, 11) is 0. The van der Waals surface area contributed by atoms with Gasteiger partial charge in [-0.05, 0) is 49.2 Å². The molecule has 30 heavy (non-hydrogen) atoms. The molecule has 1 aliphatic rings. The Labute approximate surface area is 179 Å². The Morgan fingerprint density at radius 3 is 2.27 bits per heavy atom. The van der Waals surface area contributed by atoms with E-state index in [1.165, 1.54) is 0 Å². The molecule has 0 saturated carbocycles. The van der Waals surface area contributed by atoms with Crippen LogP contribution in [0.15, 0.2) is 48.5 Å². The first-order chi connectivity index (χ1) is 14.6. The minimum atomic E-state index is -0.257. The number of hydrogen-bond acceptors (Lipinski definition) is 3. The average Bonchev–Trinajstić information content (AvgIpc) is 2.76. The fourth-order valence-electron chi connectivity index (χ4n) is 3.65. The van der Waals surface area contributed by atoms with Gasteiger partial charge in [0.25, 0.3) is 0 Å². The van der Waals surface area contributed by atoms with Crippen molar-refractivity contribution in [2.75, 3.05) is 41.7 Å². The molecule has 2 N–H and O–H groups in total. The van der Waals surface area contributed by atoms with Crippen molar-refractivity contribution in [2.24, 2.45) is 0 Å². The van der Waals surface area contributed by atoms with Gasteiger partial charge in [-0.25, -0.2) is 4.79 Å². The molecule has 0 atom stereocenters. The molecule has 6 heteroatoms. The lowest BCUT2D eigenvalue weighted by atomic mass is 10.1. The topological polar surface area (TPSA) is 64.7 Å². The Kier molecular flexibility index (Phi) is 7.71. The van der Waals surface area contributed by atoms with E-state index in [0.717, 1.165) is 68.1 Å². The Bertz CT molecular complexity index is 843. The molecule has 160 valence electrons. The maximum atomic E-state index is 12.3. The van der Waals surface area contributed by atoms with Crippen molar-refractivity contribution in [3.63, 3.8) is 0 Å². The predicted octanol–water partition coefficient (Wildman–Crippen LogP) is 4.87. The van der Waals surface area contributed by atoms with E-state index < -0.39 is 0 Å². The van der Waals surface area contributed by atoms with Gasteiger partial charge in [0.1, 0.15) is 0 Å². The van der Waals surface area contributed by atoms with E-state index in [1.807, 2.05) is 60.4 Å². The number of unbranched alkanes of at least 4 members (excludes halogenated alkanes) is 2. The van der Waals surface area contributed by atoms with Crippen LogP contribution >= 0.6 is 0 Å². The summed E-state index contributed by atoms with van der Waals surface area (Å²) in [5, 5.41) is 5.74. The van der Waals surface area contributed by atoms with Gasteiger partial charge in [-0.3, -0.25) is 4.79 Å². The maximum Gasteiger partial charge on any atom is 0.323 e. The molecule has 0 aliphatic carbocycles. The first-order valence-corrected chi connectivity index (χ1v) is 10.8. The van der Waals surface area contributed by atoms with Gasteiger partial charge in [0.15, 0.2) is 0 Å². The van der Waals surface area contributed by atoms with Crippen molar-refractivity contribution in [3.8, 4) is 0 Å². The highest BCUT2D eigenvalue weighted by Crippen LogP contribution is 2.21. The lowest BCUT2D eigenvalue weighted by molar-refractivity contribution is -0.131. The predicted molar refractivity (Wildman–Crippen MR) is 123 cm³/mol. The number of nitrogens with zero attached hydrogens (tertiary/aromatic N) is 2. The number of para-hydroxylation sites is 1. The standard InChI is InChI=1S/C24H32N4O2/c1-3-4-5-10-23(29)28-17-15-27(16-18-28)21-13-11-20(12-14-21)25-24(30)26-22-9-7-6-8-19(22)2/h6-9,11-14H,3-5,10,15-18H2,1-2H3,(H2,25,26,30). The van der Waals surface area contributed by atoms with Crippen LogP contribution in [0.25, 0.3) is 0 Å². The third-order valence-electron chi connectivity index (χ3n) is 5.51. The van der Waals surface area contributed by atoms with Crippen molar-refractivity contribution < 1.29 is 9.59 Å². The van der Waals surface area contributed by atoms with E-state index in [0.29, 0.717) is 6.42 Å². The molecule has 0 aromatic heterocycles. The normalized spacial score (nSPS) is 13.8. The molecule has 0 radical (unpaired) electrons. The van der Waals surface area contributed by atoms with Gasteiger partial charge in [0.2, 0.25) is 5.91 Å². The van der Waals surface area contributed by atoms with Gasteiger partial charge in [-0.1, -0.05) is 38.0 Å². The van der Waals surface area contributed by atoms with Crippen LogP contribution in [0.4, 0.5) is 21.9 Å². The van der Waals surface area contributed by atoms with Gasteiger partial charge in [0, 0.05) is 49.7 Å². The van der Waals surface area contributed by atoms with Crippen molar-refractivity contribution >= 4 is 29.0 Å². The number of amides is 3. The first kappa shape index (κ1) is 21.7. The number of aryl methyl sites for hydroxylation is 1. The highest BCUT2D eigenvalue weighted by molar-refractivity contribution is 6.00. The molecule has 3 amide bonds. The quantitative estimate of drug-likeness (QED) is 0.643. The monoisotopic (exact) mass is 408 g/mol. The third-order valence-corrected chi connectivity index (χ3v) is 5.51. The van der Waals surface area contributed by atoms with Crippen LogP contribution in [-0.2, 0) is 4.79 Å². The van der Waals surface area contributed by atoms with Crippen molar-refractivity contribution in [1.29, 1.82) is 0 Å². The Balaban J connectivity index is 1.47. The average molecular weight is 409 g/mol. The molecule has 2 aromatic carbocycles. The summed E-state index contributed by atoms with van der Waals surface area (Å²) in [4.78, 5) is 28.8. The highest BCUT2D eigenvalue weighted by atomic mass is 16.2. The maximum absolute atomic E-state index is 12.3. The van der Waals surface area contributed by atoms with Gasteiger partial charge in [-0.2, -0.15) is 0 Å². The molecule has 1 fully saturated rings. The van der Waals surface area contributed by atoms with Crippen molar-refractivity contribution in [1.82, 2.24) is 4.90 Å². The number of carbonyl (C=O) groups excluding carboxylic acids is 2. The van der Waals surface area contributed by atoms with E-state index in [9.17, 15) is 9.59 Å². The van der Waals surface area contributed by atoms with Crippen molar-refractivity contribution in [2.45, 2.75) is 39.5 Å². The number of nitrogens with one attached hydrogen (secondary N) is 2. The zero-order valence-electron chi connectivity index (χ0n) is 18.0. The van der Waals surface area contributed by atoms with Gasteiger partial charge in [0.05, 0.1) is 0 Å². The first-order valence-electron chi connectivity index (χ1n) is 10.8. The zero-order valence-corrected chi connectivity index (χ0v) is 18.0. The van der Waals surface area contributed by atoms with Gasteiger partial charge in [-0.15, -0.1) is 0 Å². The second-order valence-corrected chi connectivity index (χ2v) is 7.77.